The Balaban J connectivity index is 1.73. The zero-order chi connectivity index (χ0) is 19.1. The predicted octanol–water partition coefficient (Wildman–Crippen LogP) is 4.85. The van der Waals surface area contributed by atoms with Crippen LogP contribution in [0.3, 0.4) is 0 Å². The highest BCUT2D eigenvalue weighted by molar-refractivity contribution is 5.98. The first-order chi connectivity index (χ1) is 13.1. The molecule has 0 aliphatic heterocycles. The molecule has 1 saturated carbocycles. The average Bonchev–Trinajstić information content (AvgIpc) is 2.96. The number of carbonyl (C=O) groups is 2. The average molecular weight is 374 g/mol. The highest BCUT2D eigenvalue weighted by Gasteiger charge is 2.74. The molecular weight excluding hydrogens is 344 g/mol. The molecule has 4 aliphatic rings. The summed E-state index contributed by atoms with van der Waals surface area (Å²) >= 11 is 0. The third kappa shape index (κ3) is 2.36. The Morgan fingerprint density at radius 3 is 2.15 bits per heavy atom. The zero-order valence-electron chi connectivity index (χ0n) is 16.5. The fraction of sp³-hybridized carbons (Fsp3) is 0.727. The van der Waals surface area contributed by atoms with Gasteiger partial charge in [-0.1, -0.05) is 36.8 Å². The van der Waals surface area contributed by atoms with Gasteiger partial charge in [-0.15, -0.1) is 0 Å². The topological polar surface area (TPSA) is 61.8 Å². The van der Waals surface area contributed by atoms with E-state index in [0.29, 0.717) is 6.42 Å². The van der Waals surface area contributed by atoms with Crippen molar-refractivity contribution in [3.05, 3.63) is 22.3 Å². The van der Waals surface area contributed by atoms with E-state index in [-0.39, 0.29) is 23.4 Å². The molecule has 4 rings (SSSR count). The van der Waals surface area contributed by atoms with Gasteiger partial charge in [0.1, 0.15) is 0 Å². The molecule has 5 heteroatoms. The standard InChI is InChI=1S/C22H30O5/c1-25-19(23)18-17(11-14-27-20(24)26-2)21-12-7-4-8-13-22(18,21)16-10-6-3-5-9-15(16)21/h3-14H2,1-2H3. The van der Waals surface area contributed by atoms with Crippen LogP contribution in [0.4, 0.5) is 4.79 Å². The van der Waals surface area contributed by atoms with E-state index >= 15 is 0 Å². The Morgan fingerprint density at radius 1 is 0.852 bits per heavy atom. The van der Waals surface area contributed by atoms with E-state index in [9.17, 15) is 9.59 Å². The summed E-state index contributed by atoms with van der Waals surface area (Å²) in [7, 11) is 2.79. The van der Waals surface area contributed by atoms with Crippen molar-refractivity contribution in [3.8, 4) is 0 Å². The number of hydrogen-bond acceptors (Lipinski definition) is 5. The Labute approximate surface area is 161 Å². The van der Waals surface area contributed by atoms with E-state index in [2.05, 4.69) is 4.74 Å². The molecule has 0 aromatic carbocycles. The lowest BCUT2D eigenvalue weighted by Crippen LogP contribution is -2.64. The number of hydrogen-bond donors (Lipinski definition) is 0. The highest BCUT2D eigenvalue weighted by Crippen LogP contribution is 2.81. The quantitative estimate of drug-likeness (QED) is 0.520. The van der Waals surface area contributed by atoms with Crippen molar-refractivity contribution in [2.75, 3.05) is 20.8 Å². The lowest BCUT2D eigenvalue weighted by atomic mass is 9.31. The monoisotopic (exact) mass is 374 g/mol. The van der Waals surface area contributed by atoms with Gasteiger partial charge in [0.2, 0.25) is 0 Å². The summed E-state index contributed by atoms with van der Waals surface area (Å²) in [6, 6.07) is 0. The van der Waals surface area contributed by atoms with E-state index in [1.54, 1.807) is 11.1 Å². The number of methoxy groups -OCH3 is 2. The number of esters is 1. The first-order valence-corrected chi connectivity index (χ1v) is 10.4. The van der Waals surface area contributed by atoms with E-state index in [1.807, 2.05) is 0 Å². The van der Waals surface area contributed by atoms with Crippen molar-refractivity contribution in [1.82, 2.24) is 0 Å². The molecule has 148 valence electrons. The fourth-order valence-electron chi connectivity index (χ4n) is 6.68. The van der Waals surface area contributed by atoms with Gasteiger partial charge in [0.05, 0.1) is 20.8 Å². The van der Waals surface area contributed by atoms with Crippen molar-refractivity contribution in [1.29, 1.82) is 0 Å². The number of allylic oxidation sites excluding steroid dienone is 2. The minimum absolute atomic E-state index is 0.0339. The Morgan fingerprint density at radius 2 is 1.48 bits per heavy atom. The first kappa shape index (κ1) is 18.6. The van der Waals surface area contributed by atoms with Crippen molar-refractivity contribution >= 4 is 12.1 Å². The van der Waals surface area contributed by atoms with Gasteiger partial charge in [-0.25, -0.2) is 9.59 Å². The second kappa shape index (κ2) is 6.99. The van der Waals surface area contributed by atoms with Crippen molar-refractivity contribution in [3.63, 3.8) is 0 Å². The van der Waals surface area contributed by atoms with Gasteiger partial charge in [-0.05, 0) is 44.1 Å². The van der Waals surface area contributed by atoms with Crippen LogP contribution in [0.5, 0.6) is 0 Å². The Kier molecular flexibility index (Phi) is 4.81. The molecule has 0 radical (unpaired) electrons. The maximum Gasteiger partial charge on any atom is 0.507 e. The lowest BCUT2D eigenvalue weighted by Gasteiger charge is -2.71. The Bertz CT molecular complexity index is 718. The minimum Gasteiger partial charge on any atom is -0.466 e. The first-order valence-electron chi connectivity index (χ1n) is 10.4. The summed E-state index contributed by atoms with van der Waals surface area (Å²) < 4.78 is 15.0. The molecule has 0 saturated heterocycles. The Hall–Kier alpha value is -1.78. The van der Waals surface area contributed by atoms with Crippen molar-refractivity contribution < 1.29 is 23.8 Å². The van der Waals surface area contributed by atoms with E-state index in [4.69, 9.17) is 9.47 Å². The van der Waals surface area contributed by atoms with Crippen molar-refractivity contribution in [2.45, 2.75) is 70.6 Å². The fourth-order valence-corrected chi connectivity index (χ4v) is 6.68. The van der Waals surface area contributed by atoms with Gasteiger partial charge >= 0.3 is 12.1 Å². The molecule has 0 heterocycles. The minimum atomic E-state index is -0.665. The molecule has 2 unspecified atom stereocenters. The molecule has 1 fully saturated rings. The molecular formula is C22H30O5. The normalized spacial score (nSPS) is 31.9. The molecule has 0 N–H and O–H groups in total. The summed E-state index contributed by atoms with van der Waals surface area (Å²) in [5.41, 5.74) is 5.19. The maximum absolute atomic E-state index is 12.8. The van der Waals surface area contributed by atoms with Crippen LogP contribution in [0.15, 0.2) is 22.3 Å². The molecule has 0 spiro atoms. The predicted molar refractivity (Wildman–Crippen MR) is 100 cm³/mol. The summed E-state index contributed by atoms with van der Waals surface area (Å²) in [6.07, 6.45) is 11.8. The molecule has 0 bridgehead atoms. The van der Waals surface area contributed by atoms with Crippen LogP contribution in [0, 0.1) is 10.8 Å². The van der Waals surface area contributed by atoms with E-state index in [1.165, 1.54) is 58.3 Å². The molecule has 27 heavy (non-hydrogen) atoms. The van der Waals surface area contributed by atoms with Crippen molar-refractivity contribution in [2.24, 2.45) is 10.8 Å². The number of rotatable bonds is 4. The van der Waals surface area contributed by atoms with Crippen LogP contribution in [0.2, 0.25) is 0 Å². The van der Waals surface area contributed by atoms with Gasteiger partial charge in [0.25, 0.3) is 0 Å². The van der Waals surface area contributed by atoms with E-state index < -0.39 is 6.16 Å². The van der Waals surface area contributed by atoms with Crippen LogP contribution in [0.25, 0.3) is 0 Å². The van der Waals surface area contributed by atoms with Gasteiger partial charge in [-0.2, -0.15) is 0 Å². The maximum atomic E-state index is 12.8. The van der Waals surface area contributed by atoms with Crippen LogP contribution in [-0.4, -0.2) is 33.0 Å². The summed E-state index contributed by atoms with van der Waals surface area (Å²) in [5.74, 6) is -0.184. The van der Waals surface area contributed by atoms with Gasteiger partial charge in [0.15, 0.2) is 0 Å². The second-order valence-electron chi connectivity index (χ2n) is 8.29. The van der Waals surface area contributed by atoms with Crippen LogP contribution < -0.4 is 0 Å². The van der Waals surface area contributed by atoms with Crippen LogP contribution >= 0.6 is 0 Å². The second-order valence-corrected chi connectivity index (χ2v) is 8.29. The summed E-state index contributed by atoms with van der Waals surface area (Å²) in [6.45, 7) is 0.253. The van der Waals surface area contributed by atoms with Gasteiger partial charge < -0.3 is 14.2 Å². The molecule has 0 amide bonds. The number of ether oxygens (including phenoxy) is 3. The molecule has 0 aromatic rings. The number of carbonyl (C=O) groups excluding carboxylic acids is 2. The third-order valence-corrected chi connectivity index (χ3v) is 7.45. The SMILES string of the molecule is COC(=O)OCCC1=C(C(=O)OC)C23CCCCCC12C1=C3CCCCC1. The molecule has 4 aliphatic carbocycles. The molecule has 5 nitrogen and oxygen atoms in total. The summed E-state index contributed by atoms with van der Waals surface area (Å²) in [5, 5.41) is 0. The summed E-state index contributed by atoms with van der Waals surface area (Å²) in [4.78, 5) is 24.2. The zero-order valence-corrected chi connectivity index (χ0v) is 16.5. The highest BCUT2D eigenvalue weighted by atomic mass is 16.7. The molecule has 0 aromatic heterocycles. The van der Waals surface area contributed by atoms with Gasteiger partial charge in [0, 0.05) is 22.8 Å². The lowest BCUT2D eigenvalue weighted by molar-refractivity contribution is -0.140. The molecule has 2 atom stereocenters. The smallest absolute Gasteiger partial charge is 0.466 e. The third-order valence-electron chi connectivity index (χ3n) is 7.45. The van der Waals surface area contributed by atoms with E-state index in [0.717, 1.165) is 31.3 Å². The van der Waals surface area contributed by atoms with Crippen LogP contribution in [-0.2, 0) is 19.0 Å². The van der Waals surface area contributed by atoms with Crippen LogP contribution in [0.1, 0.15) is 70.6 Å². The largest absolute Gasteiger partial charge is 0.507 e. The van der Waals surface area contributed by atoms with Gasteiger partial charge in [-0.3, -0.25) is 0 Å².